The van der Waals surface area contributed by atoms with Crippen LogP contribution < -0.4 is 10.2 Å². The van der Waals surface area contributed by atoms with Gasteiger partial charge >= 0.3 is 6.09 Å². The number of carbonyl (C=O) groups excluding carboxylic acids is 1. The fourth-order valence-electron chi connectivity index (χ4n) is 5.70. The van der Waals surface area contributed by atoms with Crippen LogP contribution in [0.5, 0.6) is 0 Å². The largest absolute Gasteiger partial charge is 0.447 e. The molecule has 3 atom stereocenters. The Morgan fingerprint density at radius 2 is 1.95 bits per heavy atom. The van der Waals surface area contributed by atoms with Crippen LogP contribution in [0.25, 0.3) is 28.2 Å². The van der Waals surface area contributed by atoms with Crippen molar-refractivity contribution >= 4 is 17.6 Å². The lowest BCUT2D eigenvalue weighted by atomic mass is 9.86. The third-order valence-corrected chi connectivity index (χ3v) is 7.61. The molecule has 12 heteroatoms. The molecule has 11 nitrogen and oxygen atoms in total. The van der Waals surface area contributed by atoms with E-state index in [0.29, 0.717) is 28.2 Å². The Morgan fingerprint density at radius 3 is 2.77 bits per heavy atom. The number of cyclic esters (lactones) is 1. The second kappa shape index (κ2) is 9.71. The highest BCUT2D eigenvalue weighted by molar-refractivity contribution is 5.90. The number of benzene rings is 1. The Morgan fingerprint density at radius 1 is 1.08 bits per heavy atom. The Labute approximate surface area is 223 Å². The van der Waals surface area contributed by atoms with Crippen molar-refractivity contribution in [1.29, 1.82) is 0 Å². The molecule has 0 bridgehead atoms. The number of piperazine rings is 1. The zero-order valence-electron chi connectivity index (χ0n) is 20.9. The Kier molecular flexibility index (Phi) is 5.90. The zero-order chi connectivity index (χ0) is 26.3. The van der Waals surface area contributed by atoms with Crippen LogP contribution >= 0.6 is 0 Å². The maximum atomic E-state index is 15.0. The molecule has 2 aliphatic heterocycles. The molecule has 2 N–H and O–H groups in total. The van der Waals surface area contributed by atoms with Crippen molar-refractivity contribution < 1.29 is 13.9 Å². The topological polar surface area (TPSA) is 117 Å². The number of carbonyl (C=O) groups is 1. The predicted molar refractivity (Wildman–Crippen MR) is 141 cm³/mol. The lowest BCUT2D eigenvalue weighted by Gasteiger charge is -2.40. The van der Waals surface area contributed by atoms with E-state index >= 15 is 0 Å². The molecule has 5 heterocycles. The number of amides is 1. The monoisotopic (exact) mass is 527 g/mol. The van der Waals surface area contributed by atoms with Gasteiger partial charge in [-0.3, -0.25) is 14.9 Å². The normalized spacial score (nSPS) is 23.6. The number of halogens is 1. The Hall–Kier alpha value is -4.42. The van der Waals surface area contributed by atoms with Crippen LogP contribution in [0.1, 0.15) is 0 Å². The molecule has 7 rings (SSSR count). The molecule has 1 amide bonds. The molecule has 0 saturated carbocycles. The number of rotatable bonds is 5. The van der Waals surface area contributed by atoms with Crippen molar-refractivity contribution in [3.63, 3.8) is 0 Å². The fourth-order valence-corrected chi connectivity index (χ4v) is 5.70. The van der Waals surface area contributed by atoms with Gasteiger partial charge in [0.05, 0.1) is 17.8 Å². The van der Waals surface area contributed by atoms with Crippen molar-refractivity contribution in [2.75, 3.05) is 37.7 Å². The first-order valence-electron chi connectivity index (χ1n) is 12.9. The number of ether oxygens (including phenoxy) is 1. The summed E-state index contributed by atoms with van der Waals surface area (Å²) in [6.45, 7) is 4.03. The molecule has 3 aliphatic rings. The van der Waals surface area contributed by atoms with Gasteiger partial charge in [0.25, 0.3) is 0 Å². The van der Waals surface area contributed by atoms with Gasteiger partial charge in [0.2, 0.25) is 0 Å². The van der Waals surface area contributed by atoms with Crippen LogP contribution in [0.3, 0.4) is 0 Å². The minimum atomic E-state index is -0.457. The highest BCUT2D eigenvalue weighted by Crippen LogP contribution is 2.34. The van der Waals surface area contributed by atoms with E-state index in [1.807, 2.05) is 6.08 Å². The number of hydrogen-bond donors (Lipinski definition) is 2. The quantitative estimate of drug-likeness (QED) is 0.407. The molecule has 3 unspecified atom stereocenters. The first-order chi connectivity index (χ1) is 19.2. The second-order valence-corrected chi connectivity index (χ2v) is 9.77. The number of anilines is 1. The SMILES string of the molecule is O=C1OCC(C2C=CC=CC2N2CCNCC2)N1c1ccn2ncc(-c3ccc(-c4nc[nH]n4)c(F)c3)c2n1. The molecule has 0 spiro atoms. The number of nitrogens with zero attached hydrogens (tertiary/aromatic N) is 7. The second-order valence-electron chi connectivity index (χ2n) is 9.77. The third kappa shape index (κ3) is 4.17. The van der Waals surface area contributed by atoms with E-state index in [4.69, 9.17) is 9.72 Å². The summed E-state index contributed by atoms with van der Waals surface area (Å²) in [4.78, 5) is 26.0. The van der Waals surface area contributed by atoms with E-state index in [9.17, 15) is 9.18 Å². The highest BCUT2D eigenvalue weighted by Gasteiger charge is 2.43. The van der Waals surface area contributed by atoms with E-state index < -0.39 is 11.9 Å². The van der Waals surface area contributed by atoms with Gasteiger partial charge in [-0.05, 0) is 23.8 Å². The number of H-pyrrole nitrogens is 1. The number of nitrogens with one attached hydrogen (secondary N) is 2. The molecule has 39 heavy (non-hydrogen) atoms. The van der Waals surface area contributed by atoms with E-state index in [0.717, 1.165) is 26.2 Å². The summed E-state index contributed by atoms with van der Waals surface area (Å²) < 4.78 is 22.2. The van der Waals surface area contributed by atoms with Crippen LogP contribution in [-0.2, 0) is 4.74 Å². The summed E-state index contributed by atoms with van der Waals surface area (Å²) in [6, 6.07) is 6.52. The average Bonchev–Trinajstić information content (AvgIpc) is 3.73. The fraction of sp³-hybridized carbons (Fsp3) is 0.296. The van der Waals surface area contributed by atoms with Crippen molar-refractivity contribution in [2.45, 2.75) is 12.1 Å². The third-order valence-electron chi connectivity index (χ3n) is 7.61. The summed E-state index contributed by atoms with van der Waals surface area (Å²) in [5.41, 5.74) is 2.04. The number of allylic oxidation sites excluding steroid dienone is 2. The first-order valence-corrected chi connectivity index (χ1v) is 12.9. The minimum absolute atomic E-state index is 0.0410. The smallest absolute Gasteiger partial charge is 0.415 e. The van der Waals surface area contributed by atoms with Gasteiger partial charge in [-0.15, -0.1) is 0 Å². The maximum absolute atomic E-state index is 15.0. The molecule has 1 aliphatic carbocycles. The molecular weight excluding hydrogens is 501 g/mol. The van der Waals surface area contributed by atoms with Gasteiger partial charge in [-0.2, -0.15) is 10.2 Å². The lowest BCUT2D eigenvalue weighted by molar-refractivity contribution is 0.149. The van der Waals surface area contributed by atoms with E-state index in [1.165, 1.54) is 12.4 Å². The summed E-state index contributed by atoms with van der Waals surface area (Å²) in [5, 5.41) is 14.4. The maximum Gasteiger partial charge on any atom is 0.415 e. The molecule has 3 aromatic heterocycles. The van der Waals surface area contributed by atoms with Gasteiger partial charge in [0.1, 0.15) is 24.6 Å². The van der Waals surface area contributed by atoms with Gasteiger partial charge in [-0.1, -0.05) is 30.4 Å². The first kappa shape index (κ1) is 23.7. The number of aromatic nitrogens is 6. The number of fused-ring (bicyclic) bond motifs is 1. The van der Waals surface area contributed by atoms with Gasteiger partial charge in [0.15, 0.2) is 11.5 Å². The Balaban J connectivity index is 1.23. The summed E-state index contributed by atoms with van der Waals surface area (Å²) in [7, 11) is 0. The van der Waals surface area contributed by atoms with Gasteiger partial charge in [0, 0.05) is 49.9 Å². The number of hydrogen-bond acceptors (Lipinski definition) is 8. The molecule has 4 aromatic rings. The van der Waals surface area contributed by atoms with E-state index in [2.05, 4.69) is 48.7 Å². The van der Waals surface area contributed by atoms with E-state index in [1.54, 1.807) is 40.0 Å². The average molecular weight is 528 g/mol. The zero-order valence-corrected chi connectivity index (χ0v) is 20.9. The summed E-state index contributed by atoms with van der Waals surface area (Å²) >= 11 is 0. The van der Waals surface area contributed by atoms with Crippen LogP contribution in [-0.4, -0.2) is 85.6 Å². The Bertz CT molecular complexity index is 1580. The van der Waals surface area contributed by atoms with Gasteiger partial charge in [-0.25, -0.2) is 23.7 Å². The molecule has 0 radical (unpaired) electrons. The van der Waals surface area contributed by atoms with Crippen molar-refractivity contribution in [3.05, 3.63) is 73.1 Å². The van der Waals surface area contributed by atoms with Crippen LogP contribution in [0.4, 0.5) is 15.0 Å². The standard InChI is InChI=1S/C27H26FN9O2/c28-21-13-17(5-6-18(21)25-30-16-31-34-25)20-14-32-36-10-7-24(33-26(20)36)37-23(15-39-27(37)38)19-3-1-2-4-22(19)35-11-8-29-9-12-35/h1-7,10,13-14,16,19,22-23,29H,8-9,11-12,15H2,(H,30,31,34). The predicted octanol–water partition coefficient (Wildman–Crippen LogP) is 2.66. The number of aromatic amines is 1. The lowest BCUT2D eigenvalue weighted by Crippen LogP contribution is -2.54. The van der Waals surface area contributed by atoms with Crippen LogP contribution in [0.2, 0.25) is 0 Å². The van der Waals surface area contributed by atoms with Crippen LogP contribution in [0, 0.1) is 11.7 Å². The highest BCUT2D eigenvalue weighted by atomic mass is 19.1. The molecule has 2 fully saturated rings. The summed E-state index contributed by atoms with van der Waals surface area (Å²) in [5.74, 6) is 0.335. The minimum Gasteiger partial charge on any atom is -0.447 e. The van der Waals surface area contributed by atoms with Crippen molar-refractivity contribution in [3.8, 4) is 22.5 Å². The molecule has 2 saturated heterocycles. The molecular formula is C27H26FN9O2. The van der Waals surface area contributed by atoms with Crippen molar-refractivity contribution in [2.24, 2.45) is 5.92 Å². The van der Waals surface area contributed by atoms with Crippen LogP contribution in [0.15, 0.2) is 67.3 Å². The molecule has 198 valence electrons. The summed E-state index contributed by atoms with van der Waals surface area (Å²) in [6.07, 6.45) is 12.8. The molecule has 1 aromatic carbocycles. The van der Waals surface area contributed by atoms with Gasteiger partial charge < -0.3 is 10.1 Å². The van der Waals surface area contributed by atoms with Crippen molar-refractivity contribution in [1.82, 2.24) is 40.0 Å². The van der Waals surface area contributed by atoms with E-state index in [-0.39, 0.29) is 30.4 Å².